The van der Waals surface area contributed by atoms with E-state index in [1.807, 2.05) is 12.1 Å². The molecule has 5 heteroatoms. The minimum Gasteiger partial charge on any atom is -0.366 e. The van der Waals surface area contributed by atoms with Crippen molar-refractivity contribution in [3.05, 3.63) is 47.8 Å². The van der Waals surface area contributed by atoms with Gasteiger partial charge in [-0.05, 0) is 61.1 Å². The lowest BCUT2D eigenvalue weighted by Gasteiger charge is -2.24. The number of benzene rings is 1. The molecule has 0 saturated carbocycles. The van der Waals surface area contributed by atoms with Crippen LogP contribution in [0, 0.1) is 0 Å². The van der Waals surface area contributed by atoms with E-state index in [1.165, 1.54) is 11.8 Å². The smallest absolute Gasteiger partial charge is 0.208 e. The number of hydrogen-bond donors (Lipinski definition) is 2. The molecule has 0 bridgehead atoms. The van der Waals surface area contributed by atoms with E-state index < -0.39 is 9.84 Å². The SMILES string of the molecule is NCC1CCCc2cc(S(=O)(=O)c3cc[nH]c3)ccc21. The number of sulfone groups is 1. The van der Waals surface area contributed by atoms with E-state index in [-0.39, 0.29) is 0 Å². The summed E-state index contributed by atoms with van der Waals surface area (Å²) in [6, 6.07) is 7.04. The number of fused-ring (bicyclic) bond motifs is 1. The minimum atomic E-state index is -3.42. The molecule has 106 valence electrons. The van der Waals surface area contributed by atoms with Gasteiger partial charge in [0.1, 0.15) is 0 Å². The van der Waals surface area contributed by atoms with Gasteiger partial charge in [0.2, 0.25) is 9.84 Å². The number of nitrogens with one attached hydrogen (secondary N) is 1. The van der Waals surface area contributed by atoms with Crippen LogP contribution in [0.1, 0.15) is 29.9 Å². The zero-order valence-corrected chi connectivity index (χ0v) is 12.0. The van der Waals surface area contributed by atoms with Crippen LogP contribution in [0.5, 0.6) is 0 Å². The predicted octanol–water partition coefficient (Wildman–Crippen LogP) is 2.23. The van der Waals surface area contributed by atoms with Crippen molar-refractivity contribution >= 4 is 9.84 Å². The molecule has 1 unspecified atom stereocenters. The van der Waals surface area contributed by atoms with Gasteiger partial charge in [-0.1, -0.05) is 6.07 Å². The molecule has 2 aromatic rings. The van der Waals surface area contributed by atoms with Crippen molar-refractivity contribution in [3.63, 3.8) is 0 Å². The summed E-state index contributed by atoms with van der Waals surface area (Å²) in [5.41, 5.74) is 8.14. The molecule has 1 aliphatic rings. The van der Waals surface area contributed by atoms with Crippen molar-refractivity contribution in [2.75, 3.05) is 6.54 Å². The fourth-order valence-corrected chi connectivity index (χ4v) is 4.20. The Hall–Kier alpha value is -1.59. The Kier molecular flexibility index (Phi) is 3.40. The van der Waals surface area contributed by atoms with Gasteiger partial charge in [-0.3, -0.25) is 0 Å². The third kappa shape index (κ3) is 2.17. The fraction of sp³-hybridized carbons (Fsp3) is 0.333. The second-order valence-corrected chi connectivity index (χ2v) is 7.19. The second kappa shape index (κ2) is 5.07. The molecule has 0 saturated heterocycles. The first kappa shape index (κ1) is 13.4. The molecule has 1 aromatic carbocycles. The van der Waals surface area contributed by atoms with Crippen LogP contribution < -0.4 is 5.73 Å². The molecule has 0 fully saturated rings. The molecule has 20 heavy (non-hydrogen) atoms. The number of H-pyrrole nitrogens is 1. The summed E-state index contributed by atoms with van der Waals surface area (Å²) in [4.78, 5) is 3.47. The van der Waals surface area contributed by atoms with Crippen LogP contribution >= 0.6 is 0 Å². The normalized spacial score (nSPS) is 18.8. The highest BCUT2D eigenvalue weighted by atomic mass is 32.2. The Balaban J connectivity index is 2.05. The topological polar surface area (TPSA) is 76.0 Å². The summed E-state index contributed by atoms with van der Waals surface area (Å²) in [5, 5.41) is 0. The quantitative estimate of drug-likeness (QED) is 0.910. The molecule has 3 rings (SSSR count). The minimum absolute atomic E-state index is 0.309. The Bertz CT molecular complexity index is 705. The van der Waals surface area contributed by atoms with Crippen LogP contribution in [0.2, 0.25) is 0 Å². The van der Waals surface area contributed by atoms with E-state index in [4.69, 9.17) is 5.73 Å². The third-order valence-electron chi connectivity index (χ3n) is 4.03. The molecule has 0 aliphatic heterocycles. The first-order valence-corrected chi connectivity index (χ1v) is 8.32. The van der Waals surface area contributed by atoms with Crippen molar-refractivity contribution in [2.24, 2.45) is 5.73 Å². The third-order valence-corrected chi connectivity index (χ3v) is 5.78. The molecule has 0 radical (unpaired) electrons. The average Bonchev–Trinajstić information content (AvgIpc) is 3.01. The van der Waals surface area contributed by atoms with E-state index in [2.05, 4.69) is 4.98 Å². The highest BCUT2D eigenvalue weighted by Gasteiger charge is 2.23. The van der Waals surface area contributed by atoms with Gasteiger partial charge in [-0.15, -0.1) is 0 Å². The van der Waals surface area contributed by atoms with Crippen LogP contribution in [0.4, 0.5) is 0 Å². The van der Waals surface area contributed by atoms with Crippen molar-refractivity contribution in [3.8, 4) is 0 Å². The molecular formula is C15H18N2O2S. The Morgan fingerprint density at radius 2 is 2.10 bits per heavy atom. The Morgan fingerprint density at radius 1 is 1.25 bits per heavy atom. The van der Waals surface area contributed by atoms with E-state index in [0.29, 0.717) is 22.3 Å². The first-order chi connectivity index (χ1) is 9.63. The fourth-order valence-electron chi connectivity index (χ4n) is 2.92. The number of rotatable bonds is 3. The summed E-state index contributed by atoms with van der Waals surface area (Å²) >= 11 is 0. The summed E-state index contributed by atoms with van der Waals surface area (Å²) in [7, 11) is -3.42. The van der Waals surface area contributed by atoms with Crippen molar-refractivity contribution in [1.29, 1.82) is 0 Å². The number of hydrogen-bond acceptors (Lipinski definition) is 3. The number of aryl methyl sites for hydroxylation is 1. The van der Waals surface area contributed by atoms with Gasteiger partial charge in [0.15, 0.2) is 0 Å². The lowest BCUT2D eigenvalue weighted by atomic mass is 9.83. The number of nitrogens with two attached hydrogens (primary N) is 1. The van der Waals surface area contributed by atoms with Gasteiger partial charge in [-0.25, -0.2) is 8.42 Å². The first-order valence-electron chi connectivity index (χ1n) is 6.83. The van der Waals surface area contributed by atoms with Crippen LogP contribution in [0.25, 0.3) is 0 Å². The summed E-state index contributed by atoms with van der Waals surface area (Å²) in [5.74, 6) is 0.364. The average molecular weight is 290 g/mol. The lowest BCUT2D eigenvalue weighted by molar-refractivity contribution is 0.558. The number of aromatic amines is 1. The van der Waals surface area contributed by atoms with Gasteiger partial charge in [0.25, 0.3) is 0 Å². The molecule has 1 aromatic heterocycles. The molecule has 1 aliphatic carbocycles. The maximum Gasteiger partial charge on any atom is 0.208 e. The summed E-state index contributed by atoms with van der Waals surface area (Å²) in [6.07, 6.45) is 6.23. The highest BCUT2D eigenvalue weighted by Crippen LogP contribution is 2.33. The monoisotopic (exact) mass is 290 g/mol. The molecule has 0 amide bonds. The van der Waals surface area contributed by atoms with E-state index in [9.17, 15) is 8.42 Å². The van der Waals surface area contributed by atoms with E-state index in [1.54, 1.807) is 18.3 Å². The van der Waals surface area contributed by atoms with Gasteiger partial charge in [0, 0.05) is 12.4 Å². The summed E-state index contributed by atoms with van der Waals surface area (Å²) < 4.78 is 25.0. The molecule has 0 spiro atoms. The van der Waals surface area contributed by atoms with Gasteiger partial charge in [0.05, 0.1) is 9.79 Å². The molecule has 1 heterocycles. The Morgan fingerprint density at radius 3 is 2.80 bits per heavy atom. The van der Waals surface area contributed by atoms with Gasteiger partial charge >= 0.3 is 0 Å². The van der Waals surface area contributed by atoms with Gasteiger partial charge in [-0.2, -0.15) is 0 Å². The van der Waals surface area contributed by atoms with E-state index >= 15 is 0 Å². The van der Waals surface area contributed by atoms with E-state index in [0.717, 1.165) is 24.8 Å². The highest BCUT2D eigenvalue weighted by molar-refractivity contribution is 7.91. The van der Waals surface area contributed by atoms with Crippen LogP contribution in [-0.4, -0.2) is 19.9 Å². The zero-order chi connectivity index (χ0) is 14.2. The Labute approximate surface area is 118 Å². The van der Waals surface area contributed by atoms with Crippen LogP contribution in [-0.2, 0) is 16.3 Å². The summed E-state index contributed by atoms with van der Waals surface area (Å²) in [6.45, 7) is 0.622. The zero-order valence-electron chi connectivity index (χ0n) is 11.2. The molecular weight excluding hydrogens is 272 g/mol. The largest absolute Gasteiger partial charge is 0.366 e. The lowest BCUT2D eigenvalue weighted by Crippen LogP contribution is -2.18. The molecule has 4 nitrogen and oxygen atoms in total. The van der Waals surface area contributed by atoms with Crippen molar-refractivity contribution in [1.82, 2.24) is 4.98 Å². The molecule has 1 atom stereocenters. The number of aromatic nitrogens is 1. The van der Waals surface area contributed by atoms with Crippen molar-refractivity contribution < 1.29 is 8.42 Å². The predicted molar refractivity (Wildman–Crippen MR) is 77.4 cm³/mol. The van der Waals surface area contributed by atoms with Gasteiger partial charge < -0.3 is 10.7 Å². The standard InChI is InChI=1S/C15H18N2O2S/c16-9-12-3-1-2-11-8-13(4-5-15(11)12)20(18,19)14-6-7-17-10-14/h4-8,10,12,17H,1-3,9,16H2. The van der Waals surface area contributed by atoms with Crippen LogP contribution in [0.15, 0.2) is 46.5 Å². The second-order valence-electron chi connectivity index (χ2n) is 5.24. The van der Waals surface area contributed by atoms with Crippen molar-refractivity contribution in [2.45, 2.75) is 35.0 Å². The van der Waals surface area contributed by atoms with Crippen LogP contribution in [0.3, 0.4) is 0 Å². The maximum atomic E-state index is 12.5. The molecule has 3 N–H and O–H groups in total. The maximum absolute atomic E-state index is 12.5.